The monoisotopic (exact) mass is 244 g/mol. The molecule has 16 heavy (non-hydrogen) atoms. The summed E-state index contributed by atoms with van der Waals surface area (Å²) < 4.78 is 0. The molecule has 1 aliphatic carbocycles. The molecule has 1 saturated carbocycles. The van der Waals surface area contributed by atoms with Crippen molar-refractivity contribution < 1.29 is 0 Å². The van der Waals surface area contributed by atoms with Gasteiger partial charge in [0.25, 0.3) is 0 Å². The third kappa shape index (κ3) is 4.27. The average Bonchev–Trinajstić information content (AvgIpc) is 2.29. The van der Waals surface area contributed by atoms with Crippen molar-refractivity contribution in [3.05, 3.63) is 0 Å². The van der Waals surface area contributed by atoms with Gasteiger partial charge in [0.1, 0.15) is 0 Å². The summed E-state index contributed by atoms with van der Waals surface area (Å²) in [7, 11) is 2.28. The van der Waals surface area contributed by atoms with Crippen LogP contribution in [0.25, 0.3) is 0 Å². The number of nitrogens with two attached hydrogens (primary N) is 1. The van der Waals surface area contributed by atoms with Crippen LogP contribution in [-0.2, 0) is 0 Å². The fourth-order valence-corrected chi connectivity index (χ4v) is 3.32. The van der Waals surface area contributed by atoms with Gasteiger partial charge in [-0.1, -0.05) is 19.8 Å². The Morgan fingerprint density at radius 1 is 1.44 bits per heavy atom. The second-order valence-corrected chi connectivity index (χ2v) is 6.25. The highest BCUT2D eigenvalue weighted by Crippen LogP contribution is 2.28. The molecule has 3 unspecified atom stereocenters. The third-order valence-corrected chi connectivity index (χ3v) is 4.63. The van der Waals surface area contributed by atoms with Crippen molar-refractivity contribution >= 4 is 11.8 Å². The van der Waals surface area contributed by atoms with Crippen LogP contribution in [0.3, 0.4) is 0 Å². The summed E-state index contributed by atoms with van der Waals surface area (Å²) in [6.45, 7) is 3.20. The van der Waals surface area contributed by atoms with Crippen molar-refractivity contribution in [1.29, 1.82) is 0 Å². The van der Waals surface area contributed by atoms with Gasteiger partial charge in [-0.05, 0) is 44.2 Å². The van der Waals surface area contributed by atoms with Gasteiger partial charge >= 0.3 is 0 Å². The van der Waals surface area contributed by atoms with Gasteiger partial charge in [0.2, 0.25) is 0 Å². The molecule has 0 heterocycles. The fourth-order valence-electron chi connectivity index (χ4n) is 2.81. The smallest absolute Gasteiger partial charge is 0.0226 e. The van der Waals surface area contributed by atoms with E-state index >= 15 is 0 Å². The lowest BCUT2D eigenvalue weighted by molar-refractivity contribution is 0.119. The van der Waals surface area contributed by atoms with Gasteiger partial charge < -0.3 is 5.73 Å². The van der Waals surface area contributed by atoms with Crippen LogP contribution in [-0.4, -0.2) is 42.6 Å². The van der Waals surface area contributed by atoms with E-state index in [0.717, 1.165) is 18.5 Å². The summed E-state index contributed by atoms with van der Waals surface area (Å²) in [5.41, 5.74) is 5.90. The van der Waals surface area contributed by atoms with Crippen LogP contribution in [0, 0.1) is 5.92 Å². The topological polar surface area (TPSA) is 29.3 Å². The lowest BCUT2D eigenvalue weighted by Crippen LogP contribution is -2.46. The molecule has 3 atom stereocenters. The summed E-state index contributed by atoms with van der Waals surface area (Å²) in [5, 5.41) is 0. The highest BCUT2D eigenvalue weighted by molar-refractivity contribution is 7.98. The number of likely N-dealkylation sites (N-methyl/N-ethyl adjacent to an activating group) is 1. The summed E-state index contributed by atoms with van der Waals surface area (Å²) >= 11 is 1.93. The predicted octanol–water partition coefficient (Wildman–Crippen LogP) is 2.58. The molecule has 1 aliphatic rings. The normalized spacial score (nSPS) is 28.3. The molecule has 0 bridgehead atoms. The molecular formula is C13H28N2S. The van der Waals surface area contributed by atoms with E-state index in [9.17, 15) is 0 Å². The Labute approximate surface area is 105 Å². The summed E-state index contributed by atoms with van der Waals surface area (Å²) in [6.07, 6.45) is 8.97. The van der Waals surface area contributed by atoms with E-state index < -0.39 is 0 Å². The van der Waals surface area contributed by atoms with E-state index in [1.807, 2.05) is 11.8 Å². The zero-order chi connectivity index (χ0) is 12.0. The van der Waals surface area contributed by atoms with Crippen molar-refractivity contribution in [2.24, 2.45) is 11.7 Å². The first-order chi connectivity index (χ1) is 7.69. The number of thioether (sulfide) groups is 1. The standard InChI is InChI=1S/C13H28N2S/c1-11-5-4-6-12(9-11)15(2)13(10-14)7-8-16-3/h11-13H,4-10,14H2,1-3H3. The second kappa shape index (κ2) is 7.57. The molecule has 0 amide bonds. The van der Waals surface area contributed by atoms with E-state index in [0.29, 0.717) is 6.04 Å². The Kier molecular flexibility index (Phi) is 6.78. The minimum absolute atomic E-state index is 0.586. The van der Waals surface area contributed by atoms with Crippen molar-refractivity contribution in [2.75, 3.05) is 25.6 Å². The molecule has 0 aromatic heterocycles. The zero-order valence-corrected chi connectivity index (χ0v) is 11.9. The largest absolute Gasteiger partial charge is 0.329 e. The zero-order valence-electron chi connectivity index (χ0n) is 11.1. The van der Waals surface area contributed by atoms with Crippen molar-refractivity contribution in [3.63, 3.8) is 0 Å². The minimum Gasteiger partial charge on any atom is -0.329 e. The fraction of sp³-hybridized carbons (Fsp3) is 1.00. The van der Waals surface area contributed by atoms with E-state index in [-0.39, 0.29) is 0 Å². The molecule has 1 fully saturated rings. The summed E-state index contributed by atoms with van der Waals surface area (Å²) in [4.78, 5) is 2.56. The highest BCUT2D eigenvalue weighted by atomic mass is 32.2. The van der Waals surface area contributed by atoms with Gasteiger partial charge in [0.05, 0.1) is 0 Å². The number of hydrogen-bond donors (Lipinski definition) is 1. The van der Waals surface area contributed by atoms with Gasteiger partial charge in [-0.15, -0.1) is 0 Å². The van der Waals surface area contributed by atoms with Gasteiger partial charge in [-0.3, -0.25) is 4.90 Å². The molecule has 1 rings (SSSR count). The van der Waals surface area contributed by atoms with Gasteiger partial charge in [0.15, 0.2) is 0 Å². The molecule has 0 aliphatic heterocycles. The molecule has 0 aromatic carbocycles. The molecule has 0 saturated heterocycles. The molecule has 96 valence electrons. The van der Waals surface area contributed by atoms with Crippen molar-refractivity contribution in [2.45, 2.75) is 51.1 Å². The van der Waals surface area contributed by atoms with Gasteiger partial charge in [0, 0.05) is 18.6 Å². The Bertz CT molecular complexity index is 187. The van der Waals surface area contributed by atoms with E-state index in [4.69, 9.17) is 5.73 Å². The minimum atomic E-state index is 0.586. The van der Waals surface area contributed by atoms with E-state index in [1.165, 1.54) is 37.9 Å². The van der Waals surface area contributed by atoms with Crippen LogP contribution in [0.4, 0.5) is 0 Å². The molecule has 0 aromatic rings. The average molecular weight is 244 g/mol. The molecule has 3 heteroatoms. The number of rotatable bonds is 6. The Balaban J connectivity index is 2.42. The quantitative estimate of drug-likeness (QED) is 0.779. The predicted molar refractivity (Wildman–Crippen MR) is 75.0 cm³/mol. The van der Waals surface area contributed by atoms with Gasteiger partial charge in [-0.2, -0.15) is 11.8 Å². The first-order valence-electron chi connectivity index (χ1n) is 6.60. The maximum absolute atomic E-state index is 5.90. The lowest BCUT2D eigenvalue weighted by atomic mass is 9.86. The summed E-state index contributed by atoms with van der Waals surface area (Å²) in [6, 6.07) is 1.36. The third-order valence-electron chi connectivity index (χ3n) is 3.99. The van der Waals surface area contributed by atoms with E-state index in [1.54, 1.807) is 0 Å². The molecule has 0 spiro atoms. The van der Waals surface area contributed by atoms with Crippen molar-refractivity contribution in [1.82, 2.24) is 4.90 Å². The molecule has 2 N–H and O–H groups in total. The SMILES string of the molecule is CSCCC(CN)N(C)C1CCCC(C)C1. The van der Waals surface area contributed by atoms with Crippen LogP contribution < -0.4 is 5.73 Å². The van der Waals surface area contributed by atoms with E-state index in [2.05, 4.69) is 25.1 Å². The lowest BCUT2D eigenvalue weighted by Gasteiger charge is -2.38. The van der Waals surface area contributed by atoms with Gasteiger partial charge in [-0.25, -0.2) is 0 Å². The Morgan fingerprint density at radius 2 is 2.19 bits per heavy atom. The number of hydrogen-bond acceptors (Lipinski definition) is 3. The molecule has 0 radical (unpaired) electrons. The first kappa shape index (κ1) is 14.3. The first-order valence-corrected chi connectivity index (χ1v) is 7.99. The van der Waals surface area contributed by atoms with Crippen LogP contribution in [0.1, 0.15) is 39.0 Å². The van der Waals surface area contributed by atoms with Crippen LogP contribution in [0.2, 0.25) is 0 Å². The van der Waals surface area contributed by atoms with Crippen molar-refractivity contribution in [3.8, 4) is 0 Å². The van der Waals surface area contributed by atoms with Crippen LogP contribution >= 0.6 is 11.8 Å². The molecule has 2 nitrogen and oxygen atoms in total. The maximum atomic E-state index is 5.90. The Hall–Kier alpha value is 0.270. The molecular weight excluding hydrogens is 216 g/mol. The summed E-state index contributed by atoms with van der Waals surface area (Å²) in [5.74, 6) is 2.13. The van der Waals surface area contributed by atoms with Crippen LogP contribution in [0.5, 0.6) is 0 Å². The second-order valence-electron chi connectivity index (χ2n) is 5.26. The highest BCUT2D eigenvalue weighted by Gasteiger charge is 2.26. The van der Waals surface area contributed by atoms with Crippen LogP contribution in [0.15, 0.2) is 0 Å². The Morgan fingerprint density at radius 3 is 2.75 bits per heavy atom. The maximum Gasteiger partial charge on any atom is 0.0226 e. The number of nitrogens with zero attached hydrogens (tertiary/aromatic N) is 1.